The standard InChI is InChI=1S/C22H25N5O2/c1-15-6-9-20(27-24-11-12-25-27)19(13-15)22(28)26-14-18(8-7-17(26)3)29-21-16(2)5-4-10-23-21/h4-6,9-13,17-18H,7-8,14H2,1-3H3. The second-order valence-corrected chi connectivity index (χ2v) is 7.59. The van der Waals surface area contributed by atoms with Gasteiger partial charge in [0.25, 0.3) is 5.91 Å². The lowest BCUT2D eigenvalue weighted by Crippen LogP contribution is -2.49. The number of hydrogen-bond acceptors (Lipinski definition) is 5. The summed E-state index contributed by atoms with van der Waals surface area (Å²) in [6.07, 6.45) is 6.63. The van der Waals surface area contributed by atoms with E-state index in [0.29, 0.717) is 23.7 Å². The number of ether oxygens (including phenoxy) is 1. The zero-order valence-corrected chi connectivity index (χ0v) is 16.9. The lowest BCUT2D eigenvalue weighted by molar-refractivity contribution is 0.0371. The number of aryl methyl sites for hydroxylation is 2. The number of piperidine rings is 1. The van der Waals surface area contributed by atoms with Crippen molar-refractivity contribution in [2.75, 3.05) is 6.54 Å². The van der Waals surface area contributed by atoms with Crippen molar-refractivity contribution in [1.29, 1.82) is 0 Å². The molecule has 2 unspecified atom stereocenters. The molecule has 1 aliphatic heterocycles. The highest BCUT2D eigenvalue weighted by atomic mass is 16.5. The zero-order valence-electron chi connectivity index (χ0n) is 16.9. The number of carbonyl (C=O) groups is 1. The molecule has 150 valence electrons. The molecule has 1 aromatic carbocycles. The highest BCUT2D eigenvalue weighted by molar-refractivity contribution is 5.98. The molecule has 3 aromatic rings. The van der Waals surface area contributed by atoms with Crippen molar-refractivity contribution in [2.24, 2.45) is 0 Å². The minimum absolute atomic E-state index is 0.0282. The van der Waals surface area contributed by atoms with Crippen LogP contribution in [0.25, 0.3) is 5.69 Å². The number of benzene rings is 1. The van der Waals surface area contributed by atoms with Crippen LogP contribution in [-0.2, 0) is 0 Å². The predicted molar refractivity (Wildman–Crippen MR) is 109 cm³/mol. The number of likely N-dealkylation sites (tertiary alicyclic amines) is 1. The molecular formula is C22H25N5O2. The van der Waals surface area contributed by atoms with E-state index in [-0.39, 0.29) is 18.1 Å². The van der Waals surface area contributed by atoms with Crippen LogP contribution in [0.4, 0.5) is 0 Å². The van der Waals surface area contributed by atoms with Gasteiger partial charge in [0.05, 0.1) is 30.2 Å². The summed E-state index contributed by atoms with van der Waals surface area (Å²) in [4.78, 5) is 21.3. The number of hydrogen-bond donors (Lipinski definition) is 0. The maximum Gasteiger partial charge on any atom is 0.256 e. The average Bonchev–Trinajstić information content (AvgIpc) is 3.25. The molecule has 0 spiro atoms. The van der Waals surface area contributed by atoms with Gasteiger partial charge in [-0.05, 0) is 51.8 Å². The van der Waals surface area contributed by atoms with Crippen LogP contribution < -0.4 is 4.74 Å². The van der Waals surface area contributed by atoms with Crippen LogP contribution in [0.3, 0.4) is 0 Å². The van der Waals surface area contributed by atoms with Crippen molar-refractivity contribution < 1.29 is 9.53 Å². The average molecular weight is 391 g/mol. The molecule has 1 aliphatic rings. The molecule has 1 fully saturated rings. The van der Waals surface area contributed by atoms with Crippen LogP contribution in [0.15, 0.2) is 48.9 Å². The maximum absolute atomic E-state index is 13.5. The number of amides is 1. The van der Waals surface area contributed by atoms with Crippen LogP contribution in [0.2, 0.25) is 0 Å². The molecule has 2 aromatic heterocycles. The Kier molecular flexibility index (Phi) is 5.29. The Morgan fingerprint density at radius 1 is 1.10 bits per heavy atom. The molecule has 0 radical (unpaired) electrons. The molecule has 4 rings (SSSR count). The molecule has 0 bridgehead atoms. The Bertz CT molecular complexity index is 1000. The molecule has 7 nitrogen and oxygen atoms in total. The molecule has 2 atom stereocenters. The Hall–Kier alpha value is -3.22. The topological polar surface area (TPSA) is 73.1 Å². The van der Waals surface area contributed by atoms with E-state index in [4.69, 9.17) is 4.74 Å². The predicted octanol–water partition coefficient (Wildman–Crippen LogP) is 3.35. The third-order valence-corrected chi connectivity index (χ3v) is 5.36. The van der Waals surface area contributed by atoms with Gasteiger partial charge in [-0.15, -0.1) is 0 Å². The smallest absolute Gasteiger partial charge is 0.256 e. The molecule has 7 heteroatoms. The van der Waals surface area contributed by atoms with Crippen LogP contribution in [0, 0.1) is 13.8 Å². The lowest BCUT2D eigenvalue weighted by atomic mass is 9.99. The van der Waals surface area contributed by atoms with Crippen molar-refractivity contribution in [1.82, 2.24) is 24.9 Å². The van der Waals surface area contributed by atoms with Gasteiger partial charge in [0.15, 0.2) is 0 Å². The molecular weight excluding hydrogens is 366 g/mol. The Morgan fingerprint density at radius 2 is 1.90 bits per heavy atom. The van der Waals surface area contributed by atoms with Crippen molar-refractivity contribution in [3.05, 3.63) is 65.6 Å². The lowest BCUT2D eigenvalue weighted by Gasteiger charge is -2.38. The summed E-state index contributed by atoms with van der Waals surface area (Å²) < 4.78 is 6.14. The second-order valence-electron chi connectivity index (χ2n) is 7.59. The van der Waals surface area contributed by atoms with Crippen molar-refractivity contribution in [3.8, 4) is 11.6 Å². The SMILES string of the molecule is Cc1ccc(-n2nccn2)c(C(=O)N2CC(Oc3ncccc3C)CCC2C)c1. The summed E-state index contributed by atoms with van der Waals surface area (Å²) in [6.45, 7) is 6.57. The maximum atomic E-state index is 13.5. The fourth-order valence-electron chi connectivity index (χ4n) is 3.70. The first-order chi connectivity index (χ1) is 14.0. The van der Waals surface area contributed by atoms with Crippen LogP contribution >= 0.6 is 0 Å². The van der Waals surface area contributed by atoms with E-state index in [2.05, 4.69) is 22.1 Å². The largest absolute Gasteiger partial charge is 0.472 e. The number of aromatic nitrogens is 4. The molecule has 1 saturated heterocycles. The number of pyridine rings is 1. The number of nitrogens with zero attached hydrogens (tertiary/aromatic N) is 5. The first-order valence-electron chi connectivity index (χ1n) is 9.89. The fourth-order valence-corrected chi connectivity index (χ4v) is 3.70. The third kappa shape index (κ3) is 3.99. The molecule has 3 heterocycles. The van der Waals surface area contributed by atoms with Crippen LogP contribution in [0.5, 0.6) is 5.88 Å². The first-order valence-corrected chi connectivity index (χ1v) is 9.89. The van der Waals surface area contributed by atoms with Gasteiger partial charge in [-0.1, -0.05) is 17.7 Å². The Labute approximate surface area is 170 Å². The summed E-state index contributed by atoms with van der Waals surface area (Å²) in [5, 5.41) is 8.41. The van der Waals surface area contributed by atoms with E-state index >= 15 is 0 Å². The fraction of sp³-hybridized carbons (Fsp3) is 0.364. The van der Waals surface area contributed by atoms with E-state index < -0.39 is 0 Å². The molecule has 0 N–H and O–H groups in total. The van der Waals surface area contributed by atoms with Crippen molar-refractivity contribution >= 4 is 5.91 Å². The molecule has 0 aliphatic carbocycles. The third-order valence-electron chi connectivity index (χ3n) is 5.36. The second kappa shape index (κ2) is 8.03. The van der Waals surface area contributed by atoms with Gasteiger partial charge in [0.1, 0.15) is 6.10 Å². The van der Waals surface area contributed by atoms with E-state index in [1.165, 1.54) is 4.80 Å². The number of rotatable bonds is 4. The molecule has 0 saturated carbocycles. The summed E-state index contributed by atoms with van der Waals surface area (Å²) in [5.74, 6) is 0.607. The van der Waals surface area contributed by atoms with Gasteiger partial charge in [-0.2, -0.15) is 15.0 Å². The minimum Gasteiger partial charge on any atom is -0.472 e. The van der Waals surface area contributed by atoms with Crippen LogP contribution in [-0.4, -0.2) is 49.5 Å². The van der Waals surface area contributed by atoms with Gasteiger partial charge in [0, 0.05) is 17.8 Å². The summed E-state index contributed by atoms with van der Waals surface area (Å²) in [5.41, 5.74) is 3.30. The molecule has 1 amide bonds. The Balaban J connectivity index is 1.59. The van der Waals surface area contributed by atoms with E-state index in [1.807, 2.05) is 49.1 Å². The van der Waals surface area contributed by atoms with Gasteiger partial charge < -0.3 is 9.64 Å². The summed E-state index contributed by atoms with van der Waals surface area (Å²) in [6, 6.07) is 9.76. The number of carbonyl (C=O) groups excluding carboxylic acids is 1. The highest BCUT2D eigenvalue weighted by Gasteiger charge is 2.32. The van der Waals surface area contributed by atoms with Gasteiger partial charge >= 0.3 is 0 Å². The first kappa shape index (κ1) is 19.1. The molecule has 29 heavy (non-hydrogen) atoms. The van der Waals surface area contributed by atoms with E-state index in [0.717, 1.165) is 24.0 Å². The zero-order chi connectivity index (χ0) is 20.4. The quantitative estimate of drug-likeness (QED) is 0.682. The Morgan fingerprint density at radius 3 is 2.66 bits per heavy atom. The van der Waals surface area contributed by atoms with Gasteiger partial charge in [-0.3, -0.25) is 4.79 Å². The normalized spacial score (nSPS) is 19.2. The van der Waals surface area contributed by atoms with Gasteiger partial charge in [-0.25, -0.2) is 4.98 Å². The summed E-state index contributed by atoms with van der Waals surface area (Å²) in [7, 11) is 0. The van der Waals surface area contributed by atoms with E-state index in [9.17, 15) is 4.79 Å². The summed E-state index contributed by atoms with van der Waals surface area (Å²) >= 11 is 0. The highest BCUT2D eigenvalue weighted by Crippen LogP contribution is 2.26. The van der Waals surface area contributed by atoms with E-state index in [1.54, 1.807) is 18.6 Å². The van der Waals surface area contributed by atoms with Gasteiger partial charge in [0.2, 0.25) is 5.88 Å². The van der Waals surface area contributed by atoms with Crippen molar-refractivity contribution in [2.45, 2.75) is 45.8 Å². The monoisotopic (exact) mass is 391 g/mol. The van der Waals surface area contributed by atoms with Crippen molar-refractivity contribution in [3.63, 3.8) is 0 Å². The van der Waals surface area contributed by atoms with Crippen LogP contribution in [0.1, 0.15) is 41.3 Å². The minimum atomic E-state index is -0.0835.